The predicted octanol–water partition coefficient (Wildman–Crippen LogP) is 2.10. The van der Waals surface area contributed by atoms with E-state index in [1.165, 1.54) is 11.1 Å². The van der Waals surface area contributed by atoms with Gasteiger partial charge in [-0.1, -0.05) is 5.16 Å². The highest BCUT2D eigenvalue weighted by Gasteiger charge is 2.31. The Labute approximate surface area is 110 Å². The van der Waals surface area contributed by atoms with Crippen molar-refractivity contribution in [3.8, 4) is 22.6 Å². The van der Waals surface area contributed by atoms with Gasteiger partial charge in [0.05, 0.1) is 25.0 Å². The van der Waals surface area contributed by atoms with Crippen LogP contribution in [0.15, 0.2) is 10.7 Å². The van der Waals surface area contributed by atoms with E-state index in [4.69, 9.17) is 19.7 Å². The molecule has 0 spiro atoms. The number of nitrogens with zero attached hydrogens (tertiary/aromatic N) is 1. The molecule has 4 rings (SSSR count). The van der Waals surface area contributed by atoms with Crippen molar-refractivity contribution in [1.82, 2.24) is 5.16 Å². The number of benzene rings is 1. The zero-order valence-electron chi connectivity index (χ0n) is 10.7. The number of fused-ring (bicyclic) bond motifs is 2. The van der Waals surface area contributed by atoms with Crippen LogP contribution in [0.2, 0.25) is 0 Å². The highest BCUT2D eigenvalue weighted by atomic mass is 16.5. The lowest BCUT2D eigenvalue weighted by molar-refractivity contribution is 0.354. The first kappa shape index (κ1) is 10.7. The van der Waals surface area contributed by atoms with E-state index in [9.17, 15) is 0 Å². The SMILES string of the molecule is Cc1c2c(c(-c3cnoc3N)c3c1OCC3)OCC2. The maximum atomic E-state index is 5.87. The maximum Gasteiger partial charge on any atom is 0.230 e. The number of nitrogens with two attached hydrogens (primary N) is 1. The molecule has 0 fully saturated rings. The fourth-order valence-corrected chi connectivity index (χ4v) is 3.06. The van der Waals surface area contributed by atoms with Gasteiger partial charge < -0.3 is 19.7 Å². The summed E-state index contributed by atoms with van der Waals surface area (Å²) in [6.45, 7) is 3.51. The van der Waals surface area contributed by atoms with Gasteiger partial charge in [0.25, 0.3) is 0 Å². The van der Waals surface area contributed by atoms with Gasteiger partial charge in [-0.2, -0.15) is 0 Å². The molecule has 2 aromatic rings. The van der Waals surface area contributed by atoms with Crippen LogP contribution in [0.3, 0.4) is 0 Å². The normalized spacial score (nSPS) is 15.8. The molecule has 0 saturated heterocycles. The van der Waals surface area contributed by atoms with Crippen molar-refractivity contribution < 1.29 is 14.0 Å². The first-order chi connectivity index (χ1) is 9.27. The number of aromatic nitrogens is 1. The third-order valence-electron chi connectivity index (χ3n) is 3.93. The molecule has 19 heavy (non-hydrogen) atoms. The standard InChI is InChI=1S/C14H14N2O3/c1-7-8-2-4-18-13(8)11(9-3-5-17-12(7)9)10-6-16-19-14(10)15/h6H,2-5,15H2,1H3. The van der Waals surface area contributed by atoms with Crippen molar-refractivity contribution in [1.29, 1.82) is 0 Å². The lowest BCUT2D eigenvalue weighted by Crippen LogP contribution is -1.96. The zero-order chi connectivity index (χ0) is 13.0. The second-order valence-electron chi connectivity index (χ2n) is 4.92. The molecule has 0 amide bonds. The van der Waals surface area contributed by atoms with Gasteiger partial charge in [-0.05, 0) is 12.5 Å². The van der Waals surface area contributed by atoms with Gasteiger partial charge in [-0.15, -0.1) is 0 Å². The van der Waals surface area contributed by atoms with Crippen molar-refractivity contribution in [2.75, 3.05) is 18.9 Å². The highest BCUT2D eigenvalue weighted by molar-refractivity contribution is 5.85. The van der Waals surface area contributed by atoms with E-state index in [1.54, 1.807) is 6.20 Å². The third-order valence-corrected chi connectivity index (χ3v) is 3.93. The van der Waals surface area contributed by atoms with Crippen molar-refractivity contribution in [2.45, 2.75) is 19.8 Å². The van der Waals surface area contributed by atoms with E-state index < -0.39 is 0 Å². The van der Waals surface area contributed by atoms with Crippen LogP contribution in [0.25, 0.3) is 11.1 Å². The van der Waals surface area contributed by atoms with Crippen LogP contribution in [0.4, 0.5) is 5.88 Å². The summed E-state index contributed by atoms with van der Waals surface area (Å²) in [4.78, 5) is 0. The van der Waals surface area contributed by atoms with E-state index in [2.05, 4.69) is 12.1 Å². The van der Waals surface area contributed by atoms with E-state index in [-0.39, 0.29) is 0 Å². The molecular formula is C14H14N2O3. The molecule has 1 aromatic carbocycles. The van der Waals surface area contributed by atoms with E-state index >= 15 is 0 Å². The number of nitrogen functional groups attached to an aromatic ring is 1. The lowest BCUT2D eigenvalue weighted by atomic mass is 9.92. The topological polar surface area (TPSA) is 70.5 Å². The molecular weight excluding hydrogens is 244 g/mol. The molecule has 1 aromatic heterocycles. The molecule has 5 nitrogen and oxygen atoms in total. The second-order valence-corrected chi connectivity index (χ2v) is 4.92. The molecule has 5 heteroatoms. The Morgan fingerprint density at radius 3 is 2.58 bits per heavy atom. The molecule has 2 N–H and O–H groups in total. The first-order valence-electron chi connectivity index (χ1n) is 6.41. The molecule has 0 aliphatic carbocycles. The van der Waals surface area contributed by atoms with Gasteiger partial charge in [0.15, 0.2) is 0 Å². The minimum Gasteiger partial charge on any atom is -0.493 e. The highest BCUT2D eigenvalue weighted by Crippen LogP contribution is 2.49. The molecule has 2 aliphatic rings. The summed E-state index contributed by atoms with van der Waals surface area (Å²) in [5.74, 6) is 2.24. The van der Waals surface area contributed by atoms with Crippen LogP contribution >= 0.6 is 0 Å². The molecule has 2 aliphatic heterocycles. The molecule has 98 valence electrons. The van der Waals surface area contributed by atoms with Crippen LogP contribution in [0.5, 0.6) is 11.5 Å². The maximum absolute atomic E-state index is 5.87. The van der Waals surface area contributed by atoms with Gasteiger partial charge >= 0.3 is 0 Å². The smallest absolute Gasteiger partial charge is 0.230 e. The molecule has 0 atom stereocenters. The van der Waals surface area contributed by atoms with Crippen molar-refractivity contribution >= 4 is 5.88 Å². The monoisotopic (exact) mass is 258 g/mol. The molecule has 0 bridgehead atoms. The number of rotatable bonds is 1. The summed E-state index contributed by atoms with van der Waals surface area (Å²) in [6.07, 6.45) is 3.43. The molecule has 0 unspecified atom stereocenters. The second kappa shape index (κ2) is 3.66. The van der Waals surface area contributed by atoms with Crippen molar-refractivity contribution in [3.63, 3.8) is 0 Å². The van der Waals surface area contributed by atoms with Gasteiger partial charge in [-0.25, -0.2) is 0 Å². The fraction of sp³-hybridized carbons (Fsp3) is 0.357. The Morgan fingerprint density at radius 2 is 1.84 bits per heavy atom. The quantitative estimate of drug-likeness (QED) is 0.848. The zero-order valence-corrected chi connectivity index (χ0v) is 10.7. The largest absolute Gasteiger partial charge is 0.493 e. The van der Waals surface area contributed by atoms with Crippen LogP contribution in [0.1, 0.15) is 16.7 Å². The van der Waals surface area contributed by atoms with Gasteiger partial charge in [0, 0.05) is 29.5 Å². The van der Waals surface area contributed by atoms with Crippen LogP contribution in [-0.2, 0) is 12.8 Å². The summed E-state index contributed by atoms with van der Waals surface area (Å²) in [7, 11) is 0. The van der Waals surface area contributed by atoms with Gasteiger partial charge in [0.1, 0.15) is 11.5 Å². The molecule has 0 saturated carbocycles. The minimum atomic E-state index is 0.329. The Balaban J connectivity index is 2.08. The summed E-state index contributed by atoms with van der Waals surface area (Å²) in [5.41, 5.74) is 11.3. The Morgan fingerprint density at radius 1 is 1.11 bits per heavy atom. The number of hydrogen-bond acceptors (Lipinski definition) is 5. The minimum absolute atomic E-state index is 0.329. The fourth-order valence-electron chi connectivity index (χ4n) is 3.06. The van der Waals surface area contributed by atoms with Crippen molar-refractivity contribution in [2.24, 2.45) is 0 Å². The van der Waals surface area contributed by atoms with E-state index in [1.807, 2.05) is 0 Å². The Bertz CT molecular complexity index is 641. The van der Waals surface area contributed by atoms with Gasteiger partial charge in [-0.3, -0.25) is 0 Å². The summed E-state index contributed by atoms with van der Waals surface area (Å²) < 4.78 is 16.6. The van der Waals surface area contributed by atoms with Crippen LogP contribution < -0.4 is 15.2 Å². The number of hydrogen-bond donors (Lipinski definition) is 1. The van der Waals surface area contributed by atoms with Crippen LogP contribution in [0, 0.1) is 6.92 Å². The Hall–Kier alpha value is -2.17. The summed E-state index contributed by atoms with van der Waals surface area (Å²) >= 11 is 0. The third kappa shape index (κ3) is 1.32. The van der Waals surface area contributed by atoms with E-state index in [0.717, 1.165) is 41.0 Å². The predicted molar refractivity (Wildman–Crippen MR) is 69.5 cm³/mol. The lowest BCUT2D eigenvalue weighted by Gasteiger charge is -2.14. The molecule has 0 radical (unpaired) electrons. The molecule has 3 heterocycles. The number of anilines is 1. The number of ether oxygens (including phenoxy) is 2. The van der Waals surface area contributed by atoms with Crippen molar-refractivity contribution in [3.05, 3.63) is 22.9 Å². The average Bonchev–Trinajstić information content (AvgIpc) is 3.10. The van der Waals surface area contributed by atoms with E-state index in [0.29, 0.717) is 19.1 Å². The Kier molecular flexibility index (Phi) is 2.07. The van der Waals surface area contributed by atoms with Gasteiger partial charge in [0.2, 0.25) is 5.88 Å². The summed E-state index contributed by atoms with van der Waals surface area (Å²) in [6, 6.07) is 0. The average molecular weight is 258 g/mol. The van der Waals surface area contributed by atoms with Crippen LogP contribution in [-0.4, -0.2) is 18.4 Å². The summed E-state index contributed by atoms with van der Waals surface area (Å²) in [5, 5.41) is 3.78. The first-order valence-corrected chi connectivity index (χ1v) is 6.41.